The van der Waals surface area contributed by atoms with Gasteiger partial charge in [-0.2, -0.15) is 4.37 Å². The van der Waals surface area contributed by atoms with Crippen LogP contribution in [-0.4, -0.2) is 21.9 Å². The van der Waals surface area contributed by atoms with Gasteiger partial charge in [0.2, 0.25) is 0 Å². The second kappa shape index (κ2) is 5.33. The van der Waals surface area contributed by atoms with Gasteiger partial charge < -0.3 is 10.6 Å². The van der Waals surface area contributed by atoms with Crippen molar-refractivity contribution in [3.8, 4) is 11.3 Å². The molecule has 2 aromatic heterocycles. The van der Waals surface area contributed by atoms with Gasteiger partial charge in [-0.05, 0) is 44.1 Å². The minimum Gasteiger partial charge on any atom is -0.382 e. The van der Waals surface area contributed by atoms with Gasteiger partial charge in [0.05, 0.1) is 16.3 Å². The lowest BCUT2D eigenvalue weighted by Gasteiger charge is -2.38. The highest BCUT2D eigenvalue weighted by atomic mass is 32.1. The second-order valence-electron chi connectivity index (χ2n) is 5.55. The van der Waals surface area contributed by atoms with Crippen molar-refractivity contribution >= 4 is 33.7 Å². The molecule has 0 aliphatic carbocycles. The topological polar surface area (TPSA) is 55.0 Å². The molecule has 2 N–H and O–H groups in total. The molecule has 6 heteroatoms. The van der Waals surface area contributed by atoms with Crippen molar-refractivity contribution in [2.75, 3.05) is 17.2 Å². The van der Waals surface area contributed by atoms with E-state index in [9.17, 15) is 0 Å². The van der Waals surface area contributed by atoms with Crippen LogP contribution in [0.4, 0.5) is 10.8 Å². The minimum atomic E-state index is 0.530. The molecule has 20 heavy (non-hydrogen) atoms. The van der Waals surface area contributed by atoms with E-state index in [-0.39, 0.29) is 0 Å². The molecule has 0 amide bonds. The fourth-order valence-corrected chi connectivity index (χ4v) is 4.37. The van der Waals surface area contributed by atoms with Crippen LogP contribution in [0, 0.1) is 12.8 Å². The van der Waals surface area contributed by atoms with Gasteiger partial charge in [-0.25, -0.2) is 4.98 Å². The molecule has 2 aromatic rings. The molecule has 3 rings (SSSR count). The summed E-state index contributed by atoms with van der Waals surface area (Å²) in [6, 6.07) is 0.530. The van der Waals surface area contributed by atoms with Crippen LogP contribution < -0.4 is 10.6 Å². The number of anilines is 2. The van der Waals surface area contributed by atoms with E-state index in [1.165, 1.54) is 29.4 Å². The number of aryl methyl sites for hydroxylation is 1. The Balaban J connectivity index is 2.02. The highest BCUT2D eigenvalue weighted by Crippen LogP contribution is 2.42. The molecule has 0 saturated carbocycles. The Hall–Kier alpha value is -1.14. The summed E-state index contributed by atoms with van der Waals surface area (Å²) < 4.78 is 4.38. The van der Waals surface area contributed by atoms with Gasteiger partial charge in [-0.15, -0.1) is 11.3 Å². The highest BCUT2D eigenvalue weighted by Gasteiger charge is 2.29. The zero-order valence-corrected chi connectivity index (χ0v) is 13.7. The van der Waals surface area contributed by atoms with Crippen molar-refractivity contribution in [2.24, 2.45) is 5.92 Å². The number of thiazole rings is 1. The zero-order valence-electron chi connectivity index (χ0n) is 12.1. The summed E-state index contributed by atoms with van der Waals surface area (Å²) in [4.78, 5) is 7.06. The van der Waals surface area contributed by atoms with Crippen molar-refractivity contribution in [3.63, 3.8) is 0 Å². The van der Waals surface area contributed by atoms with Crippen LogP contribution in [0.5, 0.6) is 0 Å². The van der Waals surface area contributed by atoms with Crippen LogP contribution in [0.15, 0.2) is 5.38 Å². The molecule has 0 aromatic carbocycles. The normalized spacial score (nSPS) is 23.2. The van der Waals surface area contributed by atoms with Crippen molar-refractivity contribution < 1.29 is 0 Å². The highest BCUT2D eigenvalue weighted by molar-refractivity contribution is 7.11. The SMILES string of the molecule is Cc1nc(-c2c(N)nsc2N2CCCC(C)C2C)cs1. The summed E-state index contributed by atoms with van der Waals surface area (Å²) >= 11 is 3.17. The zero-order chi connectivity index (χ0) is 14.3. The standard InChI is InChI=1S/C14H20N4S2/c1-8-5-4-6-18(9(8)2)14-12(13(15)17-20-14)11-7-19-10(3)16-11/h7-9H,4-6H2,1-3H3,(H2,15,17). The van der Waals surface area contributed by atoms with E-state index in [0.29, 0.717) is 17.8 Å². The largest absolute Gasteiger partial charge is 0.382 e. The first-order chi connectivity index (χ1) is 9.58. The summed E-state index contributed by atoms with van der Waals surface area (Å²) in [5, 5.41) is 4.33. The van der Waals surface area contributed by atoms with Gasteiger partial charge in [0.1, 0.15) is 10.8 Å². The number of nitrogen functional groups attached to an aromatic ring is 1. The maximum Gasteiger partial charge on any atom is 0.148 e. The summed E-state index contributed by atoms with van der Waals surface area (Å²) in [6.45, 7) is 7.74. The Bertz CT molecular complexity index is 604. The molecule has 1 aliphatic rings. The molecule has 4 nitrogen and oxygen atoms in total. The van der Waals surface area contributed by atoms with Crippen molar-refractivity contribution in [2.45, 2.75) is 39.7 Å². The van der Waals surface area contributed by atoms with E-state index >= 15 is 0 Å². The summed E-state index contributed by atoms with van der Waals surface area (Å²) in [7, 11) is 0. The van der Waals surface area contributed by atoms with E-state index in [0.717, 1.165) is 22.8 Å². The third-order valence-corrected chi connectivity index (χ3v) is 5.88. The Morgan fingerprint density at radius 1 is 1.40 bits per heavy atom. The molecule has 0 bridgehead atoms. The lowest BCUT2D eigenvalue weighted by Crippen LogP contribution is -2.42. The van der Waals surface area contributed by atoms with Gasteiger partial charge in [-0.3, -0.25) is 0 Å². The van der Waals surface area contributed by atoms with E-state index in [1.807, 2.05) is 6.92 Å². The Morgan fingerprint density at radius 2 is 2.20 bits per heavy atom. The van der Waals surface area contributed by atoms with Crippen molar-refractivity contribution in [3.05, 3.63) is 10.4 Å². The molecule has 2 atom stereocenters. The number of nitrogens with zero attached hydrogens (tertiary/aromatic N) is 3. The van der Waals surface area contributed by atoms with E-state index in [2.05, 4.69) is 33.5 Å². The van der Waals surface area contributed by atoms with Gasteiger partial charge in [0.25, 0.3) is 0 Å². The Kier molecular flexibility index (Phi) is 3.69. The average Bonchev–Trinajstić information content (AvgIpc) is 2.99. The molecule has 0 spiro atoms. The molecular formula is C14H20N4S2. The molecule has 3 heterocycles. The molecule has 1 fully saturated rings. The third-order valence-electron chi connectivity index (χ3n) is 4.21. The van der Waals surface area contributed by atoms with Gasteiger partial charge in [0.15, 0.2) is 0 Å². The monoisotopic (exact) mass is 308 g/mol. The minimum absolute atomic E-state index is 0.530. The van der Waals surface area contributed by atoms with Crippen LogP contribution in [0.2, 0.25) is 0 Å². The molecule has 1 aliphatic heterocycles. The number of rotatable bonds is 2. The molecule has 0 radical (unpaired) electrons. The van der Waals surface area contributed by atoms with E-state index in [4.69, 9.17) is 5.73 Å². The first-order valence-electron chi connectivity index (χ1n) is 7.02. The first kappa shape index (κ1) is 13.8. The van der Waals surface area contributed by atoms with Gasteiger partial charge in [-0.1, -0.05) is 6.92 Å². The van der Waals surface area contributed by atoms with Crippen LogP contribution in [0.25, 0.3) is 11.3 Å². The van der Waals surface area contributed by atoms with Crippen LogP contribution in [0.3, 0.4) is 0 Å². The average molecular weight is 308 g/mol. The Labute approximate surface area is 127 Å². The second-order valence-corrected chi connectivity index (χ2v) is 7.37. The van der Waals surface area contributed by atoms with Crippen LogP contribution >= 0.6 is 22.9 Å². The first-order valence-corrected chi connectivity index (χ1v) is 8.67. The van der Waals surface area contributed by atoms with E-state index in [1.54, 1.807) is 11.3 Å². The summed E-state index contributed by atoms with van der Waals surface area (Å²) in [5.41, 5.74) is 8.11. The quantitative estimate of drug-likeness (QED) is 0.917. The molecular weight excluding hydrogens is 288 g/mol. The van der Waals surface area contributed by atoms with Gasteiger partial charge >= 0.3 is 0 Å². The predicted octanol–water partition coefficient (Wildman–Crippen LogP) is 3.78. The molecule has 108 valence electrons. The fraction of sp³-hybridized carbons (Fsp3) is 0.571. The lowest BCUT2D eigenvalue weighted by molar-refractivity contribution is 0.365. The number of aromatic nitrogens is 2. The predicted molar refractivity (Wildman–Crippen MR) is 87.6 cm³/mol. The fourth-order valence-electron chi connectivity index (χ4n) is 2.83. The van der Waals surface area contributed by atoms with E-state index < -0.39 is 0 Å². The molecule has 2 unspecified atom stereocenters. The summed E-state index contributed by atoms with van der Waals surface area (Å²) in [5.74, 6) is 1.32. The Morgan fingerprint density at radius 3 is 2.90 bits per heavy atom. The summed E-state index contributed by atoms with van der Waals surface area (Å²) in [6.07, 6.45) is 2.54. The third kappa shape index (κ3) is 2.31. The number of hydrogen-bond acceptors (Lipinski definition) is 6. The van der Waals surface area contributed by atoms with Crippen LogP contribution in [-0.2, 0) is 0 Å². The number of hydrogen-bond donors (Lipinski definition) is 1. The molecule has 1 saturated heterocycles. The van der Waals surface area contributed by atoms with Crippen LogP contribution in [0.1, 0.15) is 31.7 Å². The van der Waals surface area contributed by atoms with Gasteiger partial charge in [0, 0.05) is 18.0 Å². The maximum absolute atomic E-state index is 6.11. The maximum atomic E-state index is 6.11. The lowest BCUT2D eigenvalue weighted by atomic mass is 9.92. The smallest absolute Gasteiger partial charge is 0.148 e. The van der Waals surface area contributed by atoms with Crippen molar-refractivity contribution in [1.82, 2.24) is 9.36 Å². The number of piperidine rings is 1. The van der Waals surface area contributed by atoms with Crippen molar-refractivity contribution in [1.29, 1.82) is 0 Å². The number of nitrogens with two attached hydrogens (primary N) is 1.